The summed E-state index contributed by atoms with van der Waals surface area (Å²) in [6, 6.07) is 10.8. The summed E-state index contributed by atoms with van der Waals surface area (Å²) >= 11 is 0. The molecule has 1 fully saturated rings. The molecule has 2 aromatic rings. The molecule has 0 aliphatic carbocycles. The van der Waals surface area contributed by atoms with E-state index in [1.165, 1.54) is 36.9 Å². The van der Waals surface area contributed by atoms with Gasteiger partial charge < -0.3 is 5.32 Å². The average molecular weight is 212 g/mol. The first-order chi connectivity index (χ1) is 7.92. The fourth-order valence-electron chi connectivity index (χ4n) is 2.46. The number of fused-ring (bicyclic) bond motifs is 1. The molecule has 0 spiro atoms. The van der Waals surface area contributed by atoms with Gasteiger partial charge in [0.2, 0.25) is 0 Å². The van der Waals surface area contributed by atoms with Gasteiger partial charge in [-0.25, -0.2) is 0 Å². The van der Waals surface area contributed by atoms with E-state index in [9.17, 15) is 0 Å². The first-order valence-electron chi connectivity index (χ1n) is 5.96. The zero-order chi connectivity index (χ0) is 10.8. The molecule has 1 N–H and O–H groups in total. The van der Waals surface area contributed by atoms with E-state index in [1.54, 1.807) is 0 Å². The second-order valence-electron chi connectivity index (χ2n) is 4.59. The van der Waals surface area contributed by atoms with E-state index in [-0.39, 0.29) is 0 Å². The van der Waals surface area contributed by atoms with Crippen molar-refractivity contribution in [2.45, 2.75) is 12.8 Å². The third-order valence-electron chi connectivity index (χ3n) is 3.36. The van der Waals surface area contributed by atoms with Crippen LogP contribution in [0.2, 0.25) is 0 Å². The van der Waals surface area contributed by atoms with E-state index in [0.29, 0.717) is 0 Å². The molecule has 1 saturated heterocycles. The molecule has 1 atom stereocenters. The number of benzene rings is 1. The van der Waals surface area contributed by atoms with Gasteiger partial charge in [0.25, 0.3) is 0 Å². The van der Waals surface area contributed by atoms with Crippen molar-refractivity contribution in [3.8, 4) is 0 Å². The van der Waals surface area contributed by atoms with Crippen molar-refractivity contribution >= 4 is 10.9 Å². The van der Waals surface area contributed by atoms with Gasteiger partial charge >= 0.3 is 0 Å². The summed E-state index contributed by atoms with van der Waals surface area (Å²) in [5, 5.41) is 4.65. The minimum absolute atomic E-state index is 0.807. The highest BCUT2D eigenvalue weighted by Crippen LogP contribution is 2.18. The van der Waals surface area contributed by atoms with Gasteiger partial charge in [-0.2, -0.15) is 0 Å². The fourth-order valence-corrected chi connectivity index (χ4v) is 2.46. The molecular weight excluding hydrogens is 196 g/mol. The predicted molar refractivity (Wildman–Crippen MR) is 66.4 cm³/mol. The first kappa shape index (κ1) is 9.79. The Kier molecular flexibility index (Phi) is 2.58. The van der Waals surface area contributed by atoms with Crippen LogP contribution < -0.4 is 5.32 Å². The number of rotatable bonds is 2. The number of nitrogens with one attached hydrogen (secondary N) is 1. The summed E-state index contributed by atoms with van der Waals surface area (Å²) in [7, 11) is 0. The second kappa shape index (κ2) is 4.22. The number of nitrogens with zero attached hydrogens (tertiary/aromatic N) is 1. The molecule has 1 unspecified atom stereocenters. The van der Waals surface area contributed by atoms with Crippen molar-refractivity contribution < 1.29 is 0 Å². The highest BCUT2D eigenvalue weighted by atomic mass is 14.9. The van der Waals surface area contributed by atoms with Gasteiger partial charge in [-0.15, -0.1) is 0 Å². The molecule has 3 rings (SSSR count). The number of aromatic nitrogens is 1. The maximum Gasteiger partial charge on any atom is 0.0704 e. The van der Waals surface area contributed by atoms with Crippen LogP contribution in [0.4, 0.5) is 0 Å². The minimum atomic E-state index is 0.807. The van der Waals surface area contributed by atoms with Crippen molar-refractivity contribution in [2.75, 3.05) is 13.1 Å². The molecule has 1 aromatic carbocycles. The Morgan fingerprint density at radius 3 is 3.19 bits per heavy atom. The number of pyridine rings is 1. The SMILES string of the molecule is c1cnc2cc(CC3CCNC3)ccc2c1. The summed E-state index contributed by atoms with van der Waals surface area (Å²) in [5.41, 5.74) is 2.53. The average Bonchev–Trinajstić information content (AvgIpc) is 2.82. The van der Waals surface area contributed by atoms with Gasteiger partial charge in [-0.1, -0.05) is 18.2 Å². The van der Waals surface area contributed by atoms with Gasteiger partial charge in [-0.05, 0) is 49.5 Å². The van der Waals surface area contributed by atoms with E-state index in [2.05, 4.69) is 34.6 Å². The lowest BCUT2D eigenvalue weighted by Crippen LogP contribution is -2.10. The minimum Gasteiger partial charge on any atom is -0.316 e. The summed E-state index contributed by atoms with van der Waals surface area (Å²) in [4.78, 5) is 4.40. The maximum absolute atomic E-state index is 4.40. The van der Waals surface area contributed by atoms with Crippen molar-refractivity contribution in [3.05, 3.63) is 42.1 Å². The second-order valence-corrected chi connectivity index (χ2v) is 4.59. The third-order valence-corrected chi connectivity index (χ3v) is 3.36. The van der Waals surface area contributed by atoms with Crippen molar-refractivity contribution in [1.29, 1.82) is 0 Å². The normalized spacial score (nSPS) is 20.4. The van der Waals surface area contributed by atoms with Gasteiger partial charge in [0.05, 0.1) is 5.52 Å². The molecular formula is C14H16N2. The summed E-state index contributed by atoms with van der Waals surface area (Å²) < 4.78 is 0. The molecule has 1 aliphatic rings. The first-order valence-corrected chi connectivity index (χ1v) is 5.96. The fraction of sp³-hybridized carbons (Fsp3) is 0.357. The summed E-state index contributed by atoms with van der Waals surface area (Å²) in [6.07, 6.45) is 4.35. The lowest BCUT2D eigenvalue weighted by molar-refractivity contribution is 0.580. The highest BCUT2D eigenvalue weighted by Gasteiger charge is 2.14. The van der Waals surface area contributed by atoms with E-state index in [4.69, 9.17) is 0 Å². The Balaban J connectivity index is 1.86. The van der Waals surface area contributed by atoms with E-state index in [1.807, 2.05) is 12.3 Å². The smallest absolute Gasteiger partial charge is 0.0704 e. The van der Waals surface area contributed by atoms with E-state index in [0.717, 1.165) is 11.4 Å². The lowest BCUT2D eigenvalue weighted by atomic mass is 9.98. The predicted octanol–water partition coefficient (Wildman–Crippen LogP) is 2.39. The quantitative estimate of drug-likeness (QED) is 0.826. The monoisotopic (exact) mass is 212 g/mol. The standard InChI is InChI=1S/C14H16N2/c1-2-13-4-3-11(9-14(13)16-6-1)8-12-5-7-15-10-12/h1-4,6,9,12,15H,5,7-8,10H2. The van der Waals surface area contributed by atoms with Crippen molar-refractivity contribution in [1.82, 2.24) is 10.3 Å². The Hall–Kier alpha value is -1.41. The molecule has 2 nitrogen and oxygen atoms in total. The van der Waals surface area contributed by atoms with Crippen LogP contribution in [0.25, 0.3) is 10.9 Å². The topological polar surface area (TPSA) is 24.9 Å². The molecule has 0 radical (unpaired) electrons. The Labute approximate surface area is 95.7 Å². The van der Waals surface area contributed by atoms with Crippen LogP contribution in [-0.4, -0.2) is 18.1 Å². The molecule has 1 aromatic heterocycles. The van der Waals surface area contributed by atoms with Crippen LogP contribution in [0.15, 0.2) is 36.5 Å². The summed E-state index contributed by atoms with van der Waals surface area (Å²) in [6.45, 7) is 2.34. The van der Waals surface area contributed by atoms with Crippen LogP contribution in [-0.2, 0) is 6.42 Å². The molecule has 16 heavy (non-hydrogen) atoms. The number of hydrogen-bond acceptors (Lipinski definition) is 2. The van der Waals surface area contributed by atoms with Crippen LogP contribution in [0.3, 0.4) is 0 Å². The third kappa shape index (κ3) is 1.93. The molecule has 82 valence electrons. The Bertz CT molecular complexity index is 487. The highest BCUT2D eigenvalue weighted by molar-refractivity contribution is 5.78. The molecule has 0 saturated carbocycles. The van der Waals surface area contributed by atoms with Gasteiger partial charge in [0.15, 0.2) is 0 Å². The molecule has 0 amide bonds. The Morgan fingerprint density at radius 1 is 1.31 bits per heavy atom. The summed E-state index contributed by atoms with van der Waals surface area (Å²) in [5.74, 6) is 0.807. The molecule has 2 heteroatoms. The van der Waals surface area contributed by atoms with Gasteiger partial charge in [-0.3, -0.25) is 4.98 Å². The lowest BCUT2D eigenvalue weighted by Gasteiger charge is -2.08. The van der Waals surface area contributed by atoms with Crippen molar-refractivity contribution in [3.63, 3.8) is 0 Å². The molecule has 2 heterocycles. The van der Waals surface area contributed by atoms with Gasteiger partial charge in [0, 0.05) is 11.6 Å². The van der Waals surface area contributed by atoms with Crippen LogP contribution in [0.5, 0.6) is 0 Å². The molecule has 0 bridgehead atoms. The van der Waals surface area contributed by atoms with Crippen LogP contribution in [0, 0.1) is 5.92 Å². The van der Waals surface area contributed by atoms with Gasteiger partial charge in [0.1, 0.15) is 0 Å². The van der Waals surface area contributed by atoms with Crippen LogP contribution in [0.1, 0.15) is 12.0 Å². The van der Waals surface area contributed by atoms with E-state index < -0.39 is 0 Å². The number of hydrogen-bond donors (Lipinski definition) is 1. The van der Waals surface area contributed by atoms with E-state index >= 15 is 0 Å². The zero-order valence-corrected chi connectivity index (χ0v) is 9.32. The maximum atomic E-state index is 4.40. The van der Waals surface area contributed by atoms with Crippen LogP contribution >= 0.6 is 0 Å². The zero-order valence-electron chi connectivity index (χ0n) is 9.32. The van der Waals surface area contributed by atoms with Crippen molar-refractivity contribution in [2.24, 2.45) is 5.92 Å². The largest absolute Gasteiger partial charge is 0.316 e. The molecule has 1 aliphatic heterocycles. The Morgan fingerprint density at radius 2 is 2.31 bits per heavy atom.